The van der Waals surface area contributed by atoms with Crippen molar-refractivity contribution in [1.82, 2.24) is 0 Å². The second-order valence-corrected chi connectivity index (χ2v) is 0.383. The number of nitrogens with zero attached hydrogens (tertiary/aromatic N) is 1. The largest absolute Gasteiger partial charge is 1.00 e. The van der Waals surface area contributed by atoms with Crippen molar-refractivity contribution in [3.8, 4) is 0 Å². The van der Waals surface area contributed by atoms with Gasteiger partial charge in [0.1, 0.15) is 17.9 Å². The number of hydrogen-bond acceptors (Lipinski definition) is 0. The van der Waals surface area contributed by atoms with Crippen LogP contribution in [0.25, 0.3) is 0 Å². The molecule has 0 N–H and O–H groups in total. The lowest BCUT2D eigenvalue weighted by Gasteiger charge is -1.71. The van der Waals surface area contributed by atoms with Gasteiger partial charge in [-0.2, -0.15) is 0 Å². The third-order valence-electron chi connectivity index (χ3n) is 0. The molecule has 0 aromatic rings. The van der Waals surface area contributed by atoms with E-state index in [1.165, 1.54) is 0 Å². The molecule has 0 saturated heterocycles. The van der Waals surface area contributed by atoms with Crippen LogP contribution in [0.1, 0.15) is 0 Å². The molecule has 0 bridgehead atoms. The van der Waals surface area contributed by atoms with Crippen LogP contribution >= 0.6 is 0 Å². The Balaban J connectivity index is 0. The van der Waals surface area contributed by atoms with E-state index in [0.29, 0.717) is 0 Å². The SMILES string of the molecule is F[N+](F)(F)F.[F-]. The van der Waals surface area contributed by atoms with Gasteiger partial charge in [0.15, 0.2) is 0 Å². The maximum Gasteiger partial charge on any atom is 0.440 e. The zero-order valence-electron chi connectivity index (χ0n) is 2.34. The predicted molar refractivity (Wildman–Crippen MR) is 4.69 cm³/mol. The van der Waals surface area contributed by atoms with Gasteiger partial charge in [-0.15, -0.1) is 0 Å². The lowest BCUT2D eigenvalue weighted by atomic mass is 13.3. The van der Waals surface area contributed by atoms with Crippen LogP contribution in [0.5, 0.6) is 0 Å². The summed E-state index contributed by atoms with van der Waals surface area (Å²) in [5, 5.41) is -5.00. The quantitative estimate of drug-likeness (QED) is 0.258. The van der Waals surface area contributed by atoms with Crippen molar-refractivity contribution >= 4 is 0 Å². The van der Waals surface area contributed by atoms with E-state index >= 15 is 0 Å². The minimum atomic E-state index is -5.00. The molecule has 0 radical (unpaired) electrons. The third-order valence-corrected chi connectivity index (χ3v) is 0. The van der Waals surface area contributed by atoms with E-state index < -0.39 is 5.37 Å². The average Bonchev–Trinajstić information content (AvgIpc) is 0.722. The minimum absolute atomic E-state index is 0. The molecule has 0 unspecified atom stereocenters. The summed E-state index contributed by atoms with van der Waals surface area (Å²) in [6.07, 6.45) is 0. The fourth-order valence-corrected chi connectivity index (χ4v) is 0. The van der Waals surface area contributed by atoms with Gasteiger partial charge in [-0.3, -0.25) is 0 Å². The second-order valence-electron chi connectivity index (χ2n) is 0.383. The van der Waals surface area contributed by atoms with Crippen LogP contribution in [0, 0.1) is 0 Å². The first-order valence-electron chi connectivity index (χ1n) is 0.676. The molecule has 0 spiro atoms. The molecule has 6 heavy (non-hydrogen) atoms. The van der Waals surface area contributed by atoms with Crippen LogP contribution in [0.3, 0.4) is 0 Å². The summed E-state index contributed by atoms with van der Waals surface area (Å²) in [7, 11) is 0. The van der Waals surface area contributed by atoms with E-state index in [1.807, 2.05) is 0 Å². The molecule has 6 heteroatoms. The van der Waals surface area contributed by atoms with E-state index in [0.717, 1.165) is 0 Å². The van der Waals surface area contributed by atoms with E-state index in [-0.39, 0.29) is 4.70 Å². The van der Waals surface area contributed by atoms with Gasteiger partial charge in [-0.1, -0.05) is 0 Å². The summed E-state index contributed by atoms with van der Waals surface area (Å²) < 4.78 is 38.5. The summed E-state index contributed by atoms with van der Waals surface area (Å²) in [4.78, 5) is 0. The molecule has 0 fully saturated rings. The Morgan fingerprint density at radius 1 is 0.833 bits per heavy atom. The zero-order chi connectivity index (χ0) is 4.50. The normalized spacial score (nSPS) is 10.0. The molecule has 40 valence electrons. The van der Waals surface area contributed by atoms with E-state index in [1.54, 1.807) is 0 Å². The first-order chi connectivity index (χ1) is 2.00. The maximum absolute atomic E-state index is 9.62. The predicted octanol–water partition coefficient (Wildman–Crippen LogP) is -1.65. The minimum Gasteiger partial charge on any atom is -1.00 e. The van der Waals surface area contributed by atoms with Crippen LogP contribution < -0.4 is 4.70 Å². The van der Waals surface area contributed by atoms with Crippen LogP contribution in [-0.2, 0) is 0 Å². The Bertz CT molecular complexity index is 19.4. The fraction of sp³-hybridized carbons (Fsp3) is 0. The molecule has 0 amide bonds. The third kappa shape index (κ3) is 162. The Kier molecular flexibility index (Phi) is 2.91. The molecule has 1 nitrogen and oxygen atoms in total. The van der Waals surface area contributed by atoms with Gasteiger partial charge in [0, 0.05) is 0 Å². The van der Waals surface area contributed by atoms with Crippen molar-refractivity contribution in [2.24, 2.45) is 0 Å². The van der Waals surface area contributed by atoms with Gasteiger partial charge in [0.25, 0.3) is 0 Å². The van der Waals surface area contributed by atoms with E-state index in [2.05, 4.69) is 0 Å². The van der Waals surface area contributed by atoms with Crippen molar-refractivity contribution in [2.75, 3.05) is 0 Å². The first kappa shape index (κ1) is 9.15. The van der Waals surface area contributed by atoms with Crippen LogP contribution in [0.15, 0.2) is 0 Å². The standard InChI is InChI=1S/F4N.FH/c1-5(2,3)4;/h;1H/q+1;/p-1. The van der Waals surface area contributed by atoms with Crippen LogP contribution in [0.4, 0.5) is 17.9 Å². The molecule has 0 aliphatic rings. The van der Waals surface area contributed by atoms with Gasteiger partial charge < -0.3 is 4.70 Å². The number of hydrogen-bond donors (Lipinski definition) is 0. The molecule has 0 aliphatic carbocycles. The summed E-state index contributed by atoms with van der Waals surface area (Å²) in [6, 6.07) is 0. The van der Waals surface area contributed by atoms with E-state index in [4.69, 9.17) is 0 Å². The molecule has 0 rings (SSSR count). The summed E-state index contributed by atoms with van der Waals surface area (Å²) in [6.45, 7) is 0. The van der Waals surface area contributed by atoms with Gasteiger partial charge in [-0.05, 0) is 0 Å². The monoisotopic (exact) mass is 109 g/mol. The highest BCUT2D eigenvalue weighted by molar-refractivity contribution is 2.73. The fourth-order valence-electron chi connectivity index (χ4n) is 0. The Hall–Kier alpha value is -0.390. The highest BCUT2D eigenvalue weighted by Crippen LogP contribution is 2.08. The Morgan fingerprint density at radius 2 is 0.833 bits per heavy atom. The molecule has 0 aromatic carbocycles. The summed E-state index contributed by atoms with van der Waals surface area (Å²) in [5.74, 6) is 0. The summed E-state index contributed by atoms with van der Waals surface area (Å²) >= 11 is 0. The molecule has 0 aromatic heterocycles. The van der Waals surface area contributed by atoms with Crippen LogP contribution in [-0.4, -0.2) is 5.37 Å². The van der Waals surface area contributed by atoms with E-state index in [9.17, 15) is 17.9 Å². The topological polar surface area (TPSA) is 0 Å². The Labute approximate surface area is 29.5 Å². The highest BCUT2D eigenvalue weighted by Gasteiger charge is 2.30. The highest BCUT2D eigenvalue weighted by atomic mass is 19.7. The van der Waals surface area contributed by atoms with Crippen molar-refractivity contribution < 1.29 is 28.0 Å². The molecule has 0 saturated carbocycles. The average molecular weight is 109 g/mol. The van der Waals surface area contributed by atoms with Gasteiger partial charge in [-0.25, -0.2) is 0 Å². The number of rotatable bonds is 0. The Morgan fingerprint density at radius 3 is 0.833 bits per heavy atom. The van der Waals surface area contributed by atoms with Gasteiger partial charge >= 0.3 is 5.37 Å². The summed E-state index contributed by atoms with van der Waals surface area (Å²) in [5.41, 5.74) is 0. The smallest absolute Gasteiger partial charge is 0.440 e. The molecule has 0 atom stereocenters. The number of quaternary nitrogens is 1. The zero-order valence-corrected chi connectivity index (χ0v) is 2.34. The van der Waals surface area contributed by atoms with Crippen molar-refractivity contribution in [1.29, 1.82) is 0 Å². The molecule has 0 aliphatic heterocycles. The molecular formula is F5N. The van der Waals surface area contributed by atoms with Crippen molar-refractivity contribution in [3.05, 3.63) is 0 Å². The maximum atomic E-state index is 9.62. The number of halogens is 5. The van der Waals surface area contributed by atoms with Gasteiger partial charge in [0.2, 0.25) is 0 Å². The lowest BCUT2D eigenvalue weighted by molar-refractivity contribution is -1.36. The lowest BCUT2D eigenvalue weighted by Crippen LogP contribution is -3.00. The van der Waals surface area contributed by atoms with Crippen molar-refractivity contribution in [3.63, 3.8) is 0 Å². The second kappa shape index (κ2) is 1.91. The molecule has 0 heterocycles. The first-order valence-corrected chi connectivity index (χ1v) is 0.676. The molecular weight excluding hydrogens is 109 g/mol. The van der Waals surface area contributed by atoms with Crippen molar-refractivity contribution in [2.45, 2.75) is 0 Å². The van der Waals surface area contributed by atoms with Gasteiger partial charge in [0.05, 0.1) is 0 Å². The van der Waals surface area contributed by atoms with Crippen LogP contribution in [0.2, 0.25) is 0 Å².